The summed E-state index contributed by atoms with van der Waals surface area (Å²) in [6, 6.07) is 3.29. The van der Waals surface area contributed by atoms with Crippen molar-refractivity contribution >= 4 is 29.0 Å². The molecule has 0 N–H and O–H groups in total. The number of fused-ring (bicyclic) bond motifs is 1. The first-order valence-electron chi connectivity index (χ1n) is 5.31. The summed E-state index contributed by atoms with van der Waals surface area (Å²) in [5.41, 5.74) is 0.791. The molecule has 2 rings (SSSR count). The Morgan fingerprint density at radius 3 is 3.00 bits per heavy atom. The van der Waals surface area contributed by atoms with Gasteiger partial charge in [-0.2, -0.15) is 0 Å². The van der Waals surface area contributed by atoms with Crippen LogP contribution in [-0.4, -0.2) is 22.0 Å². The molecule has 0 amide bonds. The highest BCUT2D eigenvalue weighted by molar-refractivity contribution is 6.30. The average molecular weight is 268 g/mol. The van der Waals surface area contributed by atoms with Crippen molar-refractivity contribution in [1.29, 1.82) is 0 Å². The number of pyridine rings is 1. The fourth-order valence-corrected chi connectivity index (χ4v) is 1.78. The second kappa shape index (κ2) is 5.14. The molecule has 7 heteroatoms. The van der Waals surface area contributed by atoms with E-state index in [4.69, 9.17) is 16.3 Å². The predicted molar refractivity (Wildman–Crippen MR) is 66.0 cm³/mol. The van der Waals surface area contributed by atoms with E-state index in [1.54, 1.807) is 19.1 Å². The van der Waals surface area contributed by atoms with Crippen LogP contribution in [0.5, 0.6) is 0 Å². The molecule has 2 aromatic rings. The van der Waals surface area contributed by atoms with Crippen molar-refractivity contribution in [3.8, 4) is 0 Å². The number of imidazole rings is 1. The van der Waals surface area contributed by atoms with Gasteiger partial charge in [0, 0.05) is 6.20 Å². The molecule has 2 heterocycles. The Morgan fingerprint density at radius 1 is 1.56 bits per heavy atom. The van der Waals surface area contributed by atoms with E-state index in [9.17, 15) is 9.70 Å². The van der Waals surface area contributed by atoms with Crippen LogP contribution in [0.15, 0.2) is 23.5 Å². The van der Waals surface area contributed by atoms with Gasteiger partial charge in [-0.05, 0) is 24.2 Å². The number of halogens is 1. The van der Waals surface area contributed by atoms with Crippen molar-refractivity contribution in [2.24, 2.45) is 5.18 Å². The Morgan fingerprint density at radius 2 is 2.33 bits per heavy atom. The topological polar surface area (TPSA) is 73.0 Å². The van der Waals surface area contributed by atoms with Gasteiger partial charge in [0.1, 0.15) is 11.3 Å². The maximum absolute atomic E-state index is 11.4. The van der Waals surface area contributed by atoms with Gasteiger partial charge in [-0.25, -0.2) is 4.98 Å². The third kappa shape index (κ3) is 2.33. The number of esters is 1. The van der Waals surface area contributed by atoms with Crippen LogP contribution in [0.1, 0.15) is 12.6 Å². The highest BCUT2D eigenvalue weighted by Crippen LogP contribution is 2.23. The van der Waals surface area contributed by atoms with Gasteiger partial charge in [-0.15, -0.1) is 4.91 Å². The molecule has 0 radical (unpaired) electrons. The summed E-state index contributed by atoms with van der Waals surface area (Å²) in [6.07, 6.45) is 1.43. The molecule has 0 aliphatic carbocycles. The molecule has 0 spiro atoms. The van der Waals surface area contributed by atoms with E-state index in [-0.39, 0.29) is 24.5 Å². The third-order valence-corrected chi connectivity index (χ3v) is 2.55. The van der Waals surface area contributed by atoms with Gasteiger partial charge >= 0.3 is 5.97 Å². The molecule has 0 atom stereocenters. The van der Waals surface area contributed by atoms with Gasteiger partial charge in [-0.3, -0.25) is 9.20 Å². The zero-order valence-corrected chi connectivity index (χ0v) is 10.3. The van der Waals surface area contributed by atoms with Crippen LogP contribution in [0, 0.1) is 4.91 Å². The molecule has 0 fully saturated rings. The molecule has 2 aromatic heterocycles. The van der Waals surface area contributed by atoms with E-state index in [1.165, 1.54) is 10.6 Å². The summed E-state index contributed by atoms with van der Waals surface area (Å²) in [5, 5.41) is 3.35. The second-order valence-corrected chi connectivity index (χ2v) is 3.97. The number of nitroso groups, excluding NO2 is 1. The zero-order valence-electron chi connectivity index (χ0n) is 9.59. The first-order valence-corrected chi connectivity index (χ1v) is 5.69. The SMILES string of the molecule is CCOC(=O)Cc1nc2ccc(Cl)cn2c1N=O. The molecular weight excluding hydrogens is 258 g/mol. The summed E-state index contributed by atoms with van der Waals surface area (Å²) < 4.78 is 6.26. The monoisotopic (exact) mass is 267 g/mol. The smallest absolute Gasteiger partial charge is 0.312 e. The highest BCUT2D eigenvalue weighted by Gasteiger charge is 2.16. The molecular formula is C11H10ClN3O3. The maximum atomic E-state index is 11.4. The molecule has 6 nitrogen and oxygen atoms in total. The number of rotatable bonds is 4. The number of carbonyl (C=O) groups is 1. The Hall–Kier alpha value is -1.95. The van der Waals surface area contributed by atoms with Crippen LogP contribution in [0.3, 0.4) is 0 Å². The number of hydrogen-bond acceptors (Lipinski definition) is 5. The van der Waals surface area contributed by atoms with Crippen molar-refractivity contribution in [3.63, 3.8) is 0 Å². The molecule has 0 saturated carbocycles. The van der Waals surface area contributed by atoms with Gasteiger partial charge in [0.25, 0.3) is 0 Å². The van der Waals surface area contributed by atoms with Crippen LogP contribution in [0.2, 0.25) is 5.02 Å². The van der Waals surface area contributed by atoms with E-state index in [1.807, 2.05) is 0 Å². The summed E-state index contributed by atoms with van der Waals surface area (Å²) in [6.45, 7) is 1.99. The molecule has 0 unspecified atom stereocenters. The van der Waals surface area contributed by atoms with E-state index in [2.05, 4.69) is 10.2 Å². The Kier molecular flexibility index (Phi) is 3.57. The Bertz CT molecular complexity index is 609. The minimum absolute atomic E-state index is 0.0700. The minimum Gasteiger partial charge on any atom is -0.466 e. The molecule has 18 heavy (non-hydrogen) atoms. The van der Waals surface area contributed by atoms with Gasteiger partial charge in [0.15, 0.2) is 0 Å². The number of hydrogen-bond donors (Lipinski definition) is 0. The van der Waals surface area contributed by atoms with Crippen LogP contribution in [0.25, 0.3) is 5.65 Å². The summed E-state index contributed by atoms with van der Waals surface area (Å²) in [5.74, 6) is -0.377. The zero-order chi connectivity index (χ0) is 13.1. The second-order valence-electron chi connectivity index (χ2n) is 3.53. The molecule has 0 bridgehead atoms. The van der Waals surface area contributed by atoms with Crippen LogP contribution < -0.4 is 0 Å². The van der Waals surface area contributed by atoms with Crippen LogP contribution in [-0.2, 0) is 16.0 Å². The number of nitrogens with zero attached hydrogens (tertiary/aromatic N) is 3. The quantitative estimate of drug-likeness (QED) is 0.630. The normalized spacial score (nSPS) is 10.6. The lowest BCUT2D eigenvalue weighted by Gasteiger charge is -1.99. The van der Waals surface area contributed by atoms with E-state index in [0.29, 0.717) is 10.7 Å². The molecule has 94 valence electrons. The Balaban J connectivity index is 2.44. The van der Waals surface area contributed by atoms with E-state index in [0.717, 1.165) is 0 Å². The number of ether oxygens (including phenoxy) is 1. The van der Waals surface area contributed by atoms with Crippen LogP contribution in [0.4, 0.5) is 5.82 Å². The van der Waals surface area contributed by atoms with Gasteiger partial charge < -0.3 is 4.74 Å². The van der Waals surface area contributed by atoms with E-state index < -0.39 is 5.97 Å². The van der Waals surface area contributed by atoms with Gasteiger partial charge in [0.2, 0.25) is 5.82 Å². The summed E-state index contributed by atoms with van der Waals surface area (Å²) >= 11 is 5.83. The van der Waals surface area contributed by atoms with Crippen molar-refractivity contribution in [2.45, 2.75) is 13.3 Å². The first kappa shape index (κ1) is 12.5. The third-order valence-electron chi connectivity index (χ3n) is 2.33. The van der Waals surface area contributed by atoms with Crippen molar-refractivity contribution in [3.05, 3.63) is 34.0 Å². The molecule has 0 aliphatic rings. The lowest BCUT2D eigenvalue weighted by molar-refractivity contribution is -0.142. The number of aromatic nitrogens is 2. The predicted octanol–water partition coefficient (Wildman–Crippen LogP) is 2.49. The lowest BCUT2D eigenvalue weighted by Crippen LogP contribution is -2.07. The van der Waals surface area contributed by atoms with Crippen molar-refractivity contribution in [1.82, 2.24) is 9.38 Å². The van der Waals surface area contributed by atoms with Crippen LogP contribution >= 0.6 is 11.6 Å². The summed E-state index contributed by atoms with van der Waals surface area (Å²) in [7, 11) is 0. The minimum atomic E-state index is -0.447. The highest BCUT2D eigenvalue weighted by atomic mass is 35.5. The fraction of sp³-hybridized carbons (Fsp3) is 0.273. The fourth-order valence-electron chi connectivity index (χ4n) is 1.62. The summed E-state index contributed by atoms with van der Waals surface area (Å²) in [4.78, 5) is 26.4. The van der Waals surface area contributed by atoms with Crippen molar-refractivity contribution < 1.29 is 9.53 Å². The molecule has 0 aromatic carbocycles. The maximum Gasteiger partial charge on any atom is 0.312 e. The molecule has 0 aliphatic heterocycles. The lowest BCUT2D eigenvalue weighted by atomic mass is 10.3. The average Bonchev–Trinajstić information content (AvgIpc) is 2.65. The van der Waals surface area contributed by atoms with Crippen molar-refractivity contribution in [2.75, 3.05) is 6.61 Å². The number of carbonyl (C=O) groups excluding carboxylic acids is 1. The Labute approximate surface area is 108 Å². The van der Waals surface area contributed by atoms with E-state index >= 15 is 0 Å². The van der Waals surface area contributed by atoms with Gasteiger partial charge in [-0.1, -0.05) is 11.6 Å². The largest absolute Gasteiger partial charge is 0.466 e. The molecule has 0 saturated heterocycles. The first-order chi connectivity index (χ1) is 8.65. The standard InChI is InChI=1S/C11H10ClN3O3/c1-2-18-10(16)5-8-11(14-17)15-6-7(12)3-4-9(15)13-8/h3-4,6H,2,5H2,1H3. The van der Waals surface area contributed by atoms with Gasteiger partial charge in [0.05, 0.1) is 18.1 Å².